The predicted molar refractivity (Wildman–Crippen MR) is 160 cm³/mol. The average molecular weight is 551 g/mol. The van der Waals surface area contributed by atoms with E-state index in [0.29, 0.717) is 33.0 Å². The van der Waals surface area contributed by atoms with Gasteiger partial charge in [0.25, 0.3) is 0 Å². The lowest BCUT2D eigenvalue weighted by molar-refractivity contribution is -0.263. The minimum atomic E-state index is -0.438. The van der Waals surface area contributed by atoms with Crippen molar-refractivity contribution in [2.45, 2.75) is 56.9 Å². The molecule has 1 aliphatic rings. The molecule has 5 nitrogen and oxygen atoms in total. The van der Waals surface area contributed by atoms with Gasteiger partial charge in [-0.15, -0.1) is 6.58 Å². The maximum atomic E-state index is 6.66. The van der Waals surface area contributed by atoms with Crippen molar-refractivity contribution in [1.82, 2.24) is 0 Å². The molecule has 0 bridgehead atoms. The maximum Gasteiger partial charge on any atom is 0.116 e. The Hall–Kier alpha value is -3.58. The van der Waals surface area contributed by atoms with Gasteiger partial charge in [-0.1, -0.05) is 127 Å². The highest BCUT2D eigenvalue weighted by Gasteiger charge is 2.47. The summed E-state index contributed by atoms with van der Waals surface area (Å²) >= 11 is 0. The highest BCUT2D eigenvalue weighted by Crippen LogP contribution is 2.31. The summed E-state index contributed by atoms with van der Waals surface area (Å²) in [4.78, 5) is 0. The number of ether oxygens (including phenoxy) is 5. The molecule has 1 fully saturated rings. The Morgan fingerprint density at radius 1 is 0.512 bits per heavy atom. The lowest BCUT2D eigenvalue weighted by Gasteiger charge is -2.45. The molecule has 1 saturated heterocycles. The molecule has 0 N–H and O–H groups in total. The third kappa shape index (κ3) is 8.46. The molecule has 0 aromatic heterocycles. The first-order valence-corrected chi connectivity index (χ1v) is 14.2. The van der Waals surface area contributed by atoms with Crippen LogP contribution in [0.5, 0.6) is 0 Å². The molecular formula is C36H38O5. The zero-order chi connectivity index (χ0) is 28.1. The molecule has 1 aliphatic heterocycles. The second-order valence-corrected chi connectivity index (χ2v) is 10.2. The van der Waals surface area contributed by atoms with Gasteiger partial charge in [0, 0.05) is 0 Å². The highest BCUT2D eigenvalue weighted by molar-refractivity contribution is 5.17. The first kappa shape index (κ1) is 28.9. The van der Waals surface area contributed by atoms with Gasteiger partial charge in [-0.3, -0.25) is 0 Å². The Labute approximate surface area is 243 Å². The minimum absolute atomic E-state index is 0.343. The van der Waals surface area contributed by atoms with Crippen molar-refractivity contribution in [2.75, 3.05) is 6.61 Å². The molecule has 5 rings (SSSR count). The molecule has 3 unspecified atom stereocenters. The molecule has 0 radical (unpaired) electrons. The molecule has 4 aromatic carbocycles. The highest BCUT2D eigenvalue weighted by atomic mass is 16.6. The standard InChI is InChI=1S/C36H38O5/c1-2-32-34(38-24-29-17-9-4-10-18-29)36(40-26-31-21-13-6-14-22-31)35(39-25-30-19-11-5-12-20-30)33(41-32)27-37-23-28-15-7-3-8-16-28/h2-22,32-36H,1,23-27H2/t32-,33?,34?,35-,36?/m0/s1. The van der Waals surface area contributed by atoms with E-state index in [4.69, 9.17) is 23.7 Å². The fourth-order valence-electron chi connectivity index (χ4n) is 5.01. The maximum absolute atomic E-state index is 6.66. The predicted octanol–water partition coefficient (Wildman–Crippen LogP) is 6.91. The fraction of sp³-hybridized carbons (Fsp3) is 0.278. The molecule has 0 aliphatic carbocycles. The zero-order valence-corrected chi connectivity index (χ0v) is 23.3. The SMILES string of the molecule is C=C[C@@H]1OC(COCc2ccccc2)[C@H](OCc2ccccc2)C(OCc2ccccc2)C1OCc1ccccc1. The van der Waals surface area contributed by atoms with Gasteiger partial charge in [0.2, 0.25) is 0 Å². The summed E-state index contributed by atoms with van der Waals surface area (Å²) in [6, 6.07) is 40.5. The molecule has 4 aromatic rings. The van der Waals surface area contributed by atoms with Crippen LogP contribution in [0, 0.1) is 0 Å². The summed E-state index contributed by atoms with van der Waals surface area (Å²) < 4.78 is 32.6. The summed E-state index contributed by atoms with van der Waals surface area (Å²) in [5.74, 6) is 0. The Balaban J connectivity index is 1.39. The van der Waals surface area contributed by atoms with Gasteiger partial charge in [0.15, 0.2) is 0 Å². The van der Waals surface area contributed by atoms with Crippen LogP contribution in [0.1, 0.15) is 22.3 Å². The fourth-order valence-corrected chi connectivity index (χ4v) is 5.01. The van der Waals surface area contributed by atoms with Crippen molar-refractivity contribution in [3.05, 3.63) is 156 Å². The normalized spacial score (nSPS) is 22.3. The van der Waals surface area contributed by atoms with Gasteiger partial charge in [0.05, 0.1) is 33.0 Å². The van der Waals surface area contributed by atoms with E-state index in [9.17, 15) is 0 Å². The van der Waals surface area contributed by atoms with Crippen LogP contribution in [0.25, 0.3) is 0 Å². The Morgan fingerprint density at radius 2 is 0.902 bits per heavy atom. The van der Waals surface area contributed by atoms with Gasteiger partial charge in [-0.05, 0) is 22.3 Å². The summed E-state index contributed by atoms with van der Waals surface area (Å²) in [5.41, 5.74) is 4.33. The van der Waals surface area contributed by atoms with E-state index >= 15 is 0 Å². The monoisotopic (exact) mass is 550 g/mol. The van der Waals surface area contributed by atoms with Crippen LogP contribution < -0.4 is 0 Å². The molecular weight excluding hydrogens is 512 g/mol. The van der Waals surface area contributed by atoms with Crippen molar-refractivity contribution < 1.29 is 23.7 Å². The van der Waals surface area contributed by atoms with Crippen molar-refractivity contribution in [3.63, 3.8) is 0 Å². The quantitative estimate of drug-likeness (QED) is 0.160. The largest absolute Gasteiger partial charge is 0.374 e. The van der Waals surface area contributed by atoms with E-state index < -0.39 is 24.4 Å². The molecule has 41 heavy (non-hydrogen) atoms. The third-order valence-corrected chi connectivity index (χ3v) is 7.15. The van der Waals surface area contributed by atoms with Crippen LogP contribution >= 0.6 is 0 Å². The van der Waals surface area contributed by atoms with Crippen molar-refractivity contribution in [2.24, 2.45) is 0 Å². The molecule has 5 atom stereocenters. The van der Waals surface area contributed by atoms with E-state index in [1.54, 1.807) is 6.08 Å². The molecule has 0 saturated carbocycles. The number of benzene rings is 4. The topological polar surface area (TPSA) is 46.2 Å². The first-order valence-electron chi connectivity index (χ1n) is 14.2. The first-order chi connectivity index (χ1) is 20.3. The van der Waals surface area contributed by atoms with Gasteiger partial charge in [-0.2, -0.15) is 0 Å². The molecule has 0 spiro atoms. The van der Waals surface area contributed by atoms with Crippen LogP contribution in [0.15, 0.2) is 134 Å². The third-order valence-electron chi connectivity index (χ3n) is 7.15. The van der Waals surface area contributed by atoms with E-state index in [0.717, 1.165) is 22.3 Å². The Kier molecular flexibility index (Phi) is 10.9. The second-order valence-electron chi connectivity index (χ2n) is 10.2. The van der Waals surface area contributed by atoms with Crippen molar-refractivity contribution in [1.29, 1.82) is 0 Å². The van der Waals surface area contributed by atoms with Crippen LogP contribution in [-0.4, -0.2) is 37.1 Å². The van der Waals surface area contributed by atoms with E-state index in [-0.39, 0.29) is 6.10 Å². The van der Waals surface area contributed by atoms with Crippen LogP contribution in [0.2, 0.25) is 0 Å². The van der Waals surface area contributed by atoms with Crippen LogP contribution in [0.4, 0.5) is 0 Å². The zero-order valence-electron chi connectivity index (χ0n) is 23.3. The van der Waals surface area contributed by atoms with Crippen LogP contribution in [-0.2, 0) is 50.1 Å². The van der Waals surface area contributed by atoms with Gasteiger partial charge >= 0.3 is 0 Å². The summed E-state index contributed by atoms with van der Waals surface area (Å²) in [6.45, 7) is 6.16. The summed E-state index contributed by atoms with van der Waals surface area (Å²) in [5, 5.41) is 0. The average Bonchev–Trinajstić information content (AvgIpc) is 3.04. The lowest BCUT2D eigenvalue weighted by atomic mass is 9.94. The summed E-state index contributed by atoms with van der Waals surface area (Å²) in [7, 11) is 0. The van der Waals surface area contributed by atoms with E-state index in [1.807, 2.05) is 72.8 Å². The van der Waals surface area contributed by atoms with Gasteiger partial charge < -0.3 is 23.7 Å². The molecule has 5 heteroatoms. The van der Waals surface area contributed by atoms with Gasteiger partial charge in [-0.25, -0.2) is 0 Å². The molecule has 0 amide bonds. The Bertz CT molecular complexity index is 1280. The van der Waals surface area contributed by atoms with Crippen LogP contribution in [0.3, 0.4) is 0 Å². The van der Waals surface area contributed by atoms with Crippen molar-refractivity contribution >= 4 is 0 Å². The minimum Gasteiger partial charge on any atom is -0.374 e. The summed E-state index contributed by atoms with van der Waals surface area (Å²) in [6.07, 6.45) is -0.283. The lowest BCUT2D eigenvalue weighted by Crippen LogP contribution is -2.60. The smallest absolute Gasteiger partial charge is 0.116 e. The number of rotatable bonds is 14. The molecule has 212 valence electrons. The number of hydrogen-bond acceptors (Lipinski definition) is 5. The Morgan fingerprint density at radius 3 is 1.34 bits per heavy atom. The molecule has 1 heterocycles. The van der Waals surface area contributed by atoms with Gasteiger partial charge in [0.1, 0.15) is 30.5 Å². The second kappa shape index (κ2) is 15.4. The van der Waals surface area contributed by atoms with E-state index in [2.05, 4.69) is 55.1 Å². The number of hydrogen-bond donors (Lipinski definition) is 0. The van der Waals surface area contributed by atoms with E-state index in [1.165, 1.54) is 0 Å². The van der Waals surface area contributed by atoms with Crippen molar-refractivity contribution in [3.8, 4) is 0 Å².